The highest BCUT2D eigenvalue weighted by molar-refractivity contribution is 5.98. The number of hydrogen-bond acceptors (Lipinski definition) is 3. The maximum absolute atomic E-state index is 5.23. The highest BCUT2D eigenvalue weighted by Gasteiger charge is 2.46. The summed E-state index contributed by atoms with van der Waals surface area (Å²) in [7, 11) is 0. The number of rotatable bonds is 7. The summed E-state index contributed by atoms with van der Waals surface area (Å²) in [6.45, 7) is 0. The van der Waals surface area contributed by atoms with E-state index in [-0.39, 0.29) is 0 Å². The molecule has 10 rings (SSSR count). The molecule has 3 heteroatoms. The third kappa shape index (κ3) is 5.48. The van der Waals surface area contributed by atoms with Gasteiger partial charge in [-0.3, -0.25) is 0 Å². The molecule has 8 aromatic carbocycles. The van der Waals surface area contributed by atoms with E-state index >= 15 is 0 Å². The lowest BCUT2D eigenvalue weighted by Gasteiger charge is -2.34. The van der Waals surface area contributed by atoms with Gasteiger partial charge in [0.05, 0.1) is 5.41 Å². The molecule has 1 aliphatic carbocycles. The van der Waals surface area contributed by atoms with E-state index in [2.05, 4.69) is 188 Å². The normalized spacial score (nSPS) is 12.5. The Hall–Kier alpha value is -7.23. The predicted octanol–water partition coefficient (Wildman–Crippen LogP) is 12.6. The van der Waals surface area contributed by atoms with E-state index in [1.807, 2.05) is 24.3 Å². The second-order valence-corrected chi connectivity index (χ2v) is 13.9. The van der Waals surface area contributed by atoms with Gasteiger partial charge in [-0.15, -0.1) is 0 Å². The smallest absolute Gasteiger partial charge is 0.164 e. The maximum Gasteiger partial charge on any atom is 0.164 e. The SMILES string of the molecule is c1ccc(-c2ccc(-c3nc(-c4ccccc4)nc(-c4ccccc4-c4cccc5c4-c4ccccc4C5(c4ccccc4)c4ccccc4)n3)cc2)cc1. The highest BCUT2D eigenvalue weighted by Crippen LogP contribution is 2.58. The molecule has 1 aliphatic rings. The Balaban J connectivity index is 1.19. The van der Waals surface area contributed by atoms with Gasteiger partial charge in [0.15, 0.2) is 17.5 Å². The van der Waals surface area contributed by atoms with E-state index in [9.17, 15) is 0 Å². The first-order valence-corrected chi connectivity index (χ1v) is 18.7. The molecule has 0 fully saturated rings. The molecule has 3 nitrogen and oxygen atoms in total. The third-order valence-electron chi connectivity index (χ3n) is 10.9. The Morgan fingerprint density at radius 1 is 0.255 bits per heavy atom. The van der Waals surface area contributed by atoms with Gasteiger partial charge < -0.3 is 0 Å². The fourth-order valence-electron chi connectivity index (χ4n) is 8.41. The Kier molecular flexibility index (Phi) is 8.04. The van der Waals surface area contributed by atoms with E-state index in [1.54, 1.807) is 0 Å². The van der Waals surface area contributed by atoms with Crippen molar-refractivity contribution in [1.29, 1.82) is 0 Å². The van der Waals surface area contributed by atoms with Gasteiger partial charge in [0.25, 0.3) is 0 Å². The summed E-state index contributed by atoms with van der Waals surface area (Å²) in [4.78, 5) is 15.5. The molecule has 0 aliphatic heterocycles. The van der Waals surface area contributed by atoms with Gasteiger partial charge in [0, 0.05) is 16.7 Å². The van der Waals surface area contributed by atoms with Crippen molar-refractivity contribution in [3.8, 4) is 67.5 Å². The fourth-order valence-corrected chi connectivity index (χ4v) is 8.41. The molecule has 0 N–H and O–H groups in total. The third-order valence-corrected chi connectivity index (χ3v) is 10.9. The minimum atomic E-state index is -0.494. The highest BCUT2D eigenvalue weighted by atomic mass is 15.0. The molecule has 0 bridgehead atoms. The topological polar surface area (TPSA) is 38.7 Å². The maximum atomic E-state index is 5.23. The molecular weight excluding hydrogens is 667 g/mol. The van der Waals surface area contributed by atoms with Crippen molar-refractivity contribution < 1.29 is 0 Å². The van der Waals surface area contributed by atoms with E-state index in [4.69, 9.17) is 15.0 Å². The summed E-state index contributed by atoms with van der Waals surface area (Å²) in [5.74, 6) is 1.90. The van der Waals surface area contributed by atoms with Gasteiger partial charge in [-0.05, 0) is 55.6 Å². The Morgan fingerprint density at radius 2 is 0.655 bits per heavy atom. The van der Waals surface area contributed by atoms with E-state index < -0.39 is 5.41 Å². The number of nitrogens with zero attached hydrogens (tertiary/aromatic N) is 3. The molecule has 1 heterocycles. The summed E-state index contributed by atoms with van der Waals surface area (Å²) >= 11 is 0. The zero-order chi connectivity index (χ0) is 36.6. The van der Waals surface area contributed by atoms with E-state index in [0.717, 1.165) is 33.4 Å². The van der Waals surface area contributed by atoms with Gasteiger partial charge in [-0.2, -0.15) is 0 Å². The lowest BCUT2D eigenvalue weighted by molar-refractivity contribution is 0.768. The lowest BCUT2D eigenvalue weighted by atomic mass is 9.67. The number of fused-ring (bicyclic) bond motifs is 3. The fraction of sp³-hybridized carbons (Fsp3) is 0.0192. The van der Waals surface area contributed by atoms with Crippen molar-refractivity contribution in [3.63, 3.8) is 0 Å². The van der Waals surface area contributed by atoms with Crippen LogP contribution in [0.2, 0.25) is 0 Å². The molecule has 258 valence electrons. The molecule has 0 saturated heterocycles. The van der Waals surface area contributed by atoms with Crippen molar-refractivity contribution in [2.75, 3.05) is 0 Å². The van der Waals surface area contributed by atoms with Crippen LogP contribution in [0.25, 0.3) is 67.5 Å². The van der Waals surface area contributed by atoms with Crippen LogP contribution in [0.4, 0.5) is 0 Å². The minimum absolute atomic E-state index is 0.494. The number of aromatic nitrogens is 3. The van der Waals surface area contributed by atoms with Crippen LogP contribution < -0.4 is 0 Å². The monoisotopic (exact) mass is 701 g/mol. The quantitative estimate of drug-likeness (QED) is 0.166. The molecule has 0 atom stereocenters. The van der Waals surface area contributed by atoms with Crippen LogP contribution >= 0.6 is 0 Å². The molecule has 55 heavy (non-hydrogen) atoms. The van der Waals surface area contributed by atoms with Crippen LogP contribution in [0.5, 0.6) is 0 Å². The Labute approximate surface area is 321 Å². The predicted molar refractivity (Wildman–Crippen MR) is 224 cm³/mol. The molecule has 0 radical (unpaired) electrons. The van der Waals surface area contributed by atoms with Crippen molar-refractivity contribution in [2.24, 2.45) is 0 Å². The van der Waals surface area contributed by atoms with Gasteiger partial charge in [-0.1, -0.05) is 212 Å². The zero-order valence-corrected chi connectivity index (χ0v) is 30.0. The van der Waals surface area contributed by atoms with Gasteiger partial charge in [0.2, 0.25) is 0 Å². The van der Waals surface area contributed by atoms with Crippen molar-refractivity contribution in [3.05, 3.63) is 235 Å². The summed E-state index contributed by atoms with van der Waals surface area (Å²) in [6.07, 6.45) is 0. The molecule has 9 aromatic rings. The van der Waals surface area contributed by atoms with Gasteiger partial charge in [0.1, 0.15) is 0 Å². The minimum Gasteiger partial charge on any atom is -0.208 e. The van der Waals surface area contributed by atoms with E-state index in [0.29, 0.717) is 17.5 Å². The van der Waals surface area contributed by atoms with E-state index in [1.165, 1.54) is 38.9 Å². The average molecular weight is 702 g/mol. The standard InChI is InChI=1S/C52H35N3/c1-5-18-36(19-6-1)37-32-34-39(35-33-37)50-53-49(38-20-7-2-8-21-38)54-51(55-50)44-27-14-13-26-42(44)43-29-17-31-47-48(43)45-28-15-16-30-46(45)52(47,40-22-9-3-10-23-40)41-24-11-4-12-25-41/h1-35H. The zero-order valence-electron chi connectivity index (χ0n) is 30.0. The van der Waals surface area contributed by atoms with Crippen LogP contribution in [0.3, 0.4) is 0 Å². The van der Waals surface area contributed by atoms with Gasteiger partial charge in [-0.25, -0.2) is 15.0 Å². The van der Waals surface area contributed by atoms with Crippen LogP contribution in [0.15, 0.2) is 212 Å². The molecule has 0 amide bonds. The first kappa shape index (κ1) is 32.4. The summed E-state index contributed by atoms with van der Waals surface area (Å²) < 4.78 is 0. The molecule has 0 saturated carbocycles. The van der Waals surface area contributed by atoms with Crippen LogP contribution in [-0.2, 0) is 5.41 Å². The second-order valence-electron chi connectivity index (χ2n) is 13.9. The van der Waals surface area contributed by atoms with Crippen molar-refractivity contribution >= 4 is 0 Å². The van der Waals surface area contributed by atoms with Crippen LogP contribution in [-0.4, -0.2) is 15.0 Å². The molecular formula is C52H35N3. The molecule has 0 spiro atoms. The molecule has 1 aromatic heterocycles. The summed E-state index contributed by atoms with van der Waals surface area (Å²) in [6, 6.07) is 75.2. The van der Waals surface area contributed by atoms with Crippen molar-refractivity contribution in [1.82, 2.24) is 15.0 Å². The number of benzene rings is 8. The second kappa shape index (κ2) is 13.6. The lowest BCUT2D eigenvalue weighted by Crippen LogP contribution is -2.28. The molecule has 0 unspecified atom stereocenters. The first-order chi connectivity index (χ1) is 27.3. The van der Waals surface area contributed by atoms with Gasteiger partial charge >= 0.3 is 0 Å². The summed E-state index contributed by atoms with van der Waals surface area (Å²) in [5, 5.41) is 0. The van der Waals surface area contributed by atoms with Crippen LogP contribution in [0, 0.1) is 0 Å². The number of hydrogen-bond donors (Lipinski definition) is 0. The van der Waals surface area contributed by atoms with Crippen LogP contribution in [0.1, 0.15) is 22.3 Å². The Bertz CT molecular complexity index is 2740. The average Bonchev–Trinajstić information content (AvgIpc) is 3.59. The Morgan fingerprint density at radius 3 is 1.27 bits per heavy atom. The summed E-state index contributed by atoms with van der Waals surface area (Å²) in [5.41, 5.74) is 14.3. The first-order valence-electron chi connectivity index (χ1n) is 18.7. The van der Waals surface area contributed by atoms with Crippen molar-refractivity contribution in [2.45, 2.75) is 5.41 Å². The largest absolute Gasteiger partial charge is 0.208 e.